The Kier molecular flexibility index (Phi) is 8.22. The Hall–Kier alpha value is -0.773. The molecule has 1 aromatic rings. The molecule has 0 aliphatic heterocycles. The SMILES string of the molecule is CO[Si](CCCOCC(O)Cn1cc(C)nc1C)(OC)OC. The van der Waals surface area contributed by atoms with Crippen LogP contribution in [0.15, 0.2) is 6.20 Å². The fourth-order valence-corrected chi connectivity index (χ4v) is 3.99. The normalized spacial score (nSPS) is 13.5. The molecule has 7 nitrogen and oxygen atoms in total. The van der Waals surface area contributed by atoms with Crippen molar-refractivity contribution < 1.29 is 23.1 Å². The number of rotatable bonds is 11. The third-order valence-corrected chi connectivity index (χ3v) is 6.35. The van der Waals surface area contributed by atoms with Gasteiger partial charge in [0.1, 0.15) is 5.82 Å². The lowest BCUT2D eigenvalue weighted by molar-refractivity contribution is 0.0263. The Morgan fingerprint density at radius 2 is 1.86 bits per heavy atom. The van der Waals surface area contributed by atoms with Gasteiger partial charge in [-0.1, -0.05) is 0 Å². The summed E-state index contributed by atoms with van der Waals surface area (Å²) in [5.74, 6) is 0.896. The van der Waals surface area contributed by atoms with E-state index in [1.54, 1.807) is 21.3 Å². The van der Waals surface area contributed by atoms with Crippen LogP contribution in [0.4, 0.5) is 0 Å². The molecule has 0 radical (unpaired) electrons. The number of aromatic nitrogens is 2. The molecule has 0 saturated heterocycles. The highest BCUT2D eigenvalue weighted by atomic mass is 28.4. The second-order valence-electron chi connectivity index (χ2n) is 5.21. The Bertz CT molecular complexity index is 429. The van der Waals surface area contributed by atoms with Crippen LogP contribution in [0.5, 0.6) is 0 Å². The Balaban J connectivity index is 2.23. The van der Waals surface area contributed by atoms with Crippen molar-refractivity contribution in [1.82, 2.24) is 9.55 Å². The third-order valence-electron chi connectivity index (χ3n) is 3.52. The lowest BCUT2D eigenvalue weighted by Crippen LogP contribution is -2.42. The van der Waals surface area contributed by atoms with E-state index in [-0.39, 0.29) is 6.61 Å². The summed E-state index contributed by atoms with van der Waals surface area (Å²) in [6.45, 7) is 5.16. The molecule has 1 rings (SSSR count). The molecule has 128 valence electrons. The minimum absolute atomic E-state index is 0.290. The summed E-state index contributed by atoms with van der Waals surface area (Å²) in [4.78, 5) is 4.30. The lowest BCUT2D eigenvalue weighted by Gasteiger charge is -2.24. The van der Waals surface area contributed by atoms with Crippen LogP contribution >= 0.6 is 0 Å². The van der Waals surface area contributed by atoms with Gasteiger partial charge in [-0.05, 0) is 20.3 Å². The van der Waals surface area contributed by atoms with Gasteiger partial charge in [-0.15, -0.1) is 0 Å². The van der Waals surface area contributed by atoms with E-state index in [9.17, 15) is 5.11 Å². The van der Waals surface area contributed by atoms with Gasteiger partial charge in [-0.2, -0.15) is 0 Å². The number of aryl methyl sites for hydroxylation is 2. The van der Waals surface area contributed by atoms with E-state index in [4.69, 9.17) is 18.0 Å². The summed E-state index contributed by atoms with van der Waals surface area (Å²) in [7, 11) is 2.27. The topological polar surface area (TPSA) is 75.0 Å². The first-order chi connectivity index (χ1) is 10.5. The molecular formula is C14H28N2O5Si. The maximum Gasteiger partial charge on any atom is 0.500 e. The van der Waals surface area contributed by atoms with Crippen molar-refractivity contribution >= 4 is 8.80 Å². The first-order valence-electron chi connectivity index (χ1n) is 7.38. The first-order valence-corrected chi connectivity index (χ1v) is 9.31. The number of aliphatic hydroxyl groups excluding tert-OH is 1. The van der Waals surface area contributed by atoms with E-state index >= 15 is 0 Å². The summed E-state index contributed by atoms with van der Waals surface area (Å²) in [5.41, 5.74) is 0.950. The second-order valence-corrected chi connectivity index (χ2v) is 8.30. The predicted octanol–water partition coefficient (Wildman–Crippen LogP) is 1.15. The lowest BCUT2D eigenvalue weighted by atomic mass is 10.3. The van der Waals surface area contributed by atoms with Crippen molar-refractivity contribution in [2.45, 2.75) is 39.0 Å². The zero-order chi connectivity index (χ0) is 16.6. The molecule has 1 N–H and O–H groups in total. The standard InChI is InChI=1S/C14H28N2O5Si/c1-12-9-16(13(2)15-12)10-14(17)11-21-7-6-8-22(18-3,19-4)20-5/h9,14,17H,6-8,10-11H2,1-5H3. The first kappa shape index (κ1) is 19.3. The van der Waals surface area contributed by atoms with Gasteiger partial charge in [0.15, 0.2) is 0 Å². The van der Waals surface area contributed by atoms with Crippen molar-refractivity contribution in [3.05, 3.63) is 17.7 Å². The highest BCUT2D eigenvalue weighted by Gasteiger charge is 2.36. The highest BCUT2D eigenvalue weighted by Crippen LogP contribution is 2.14. The number of ether oxygens (including phenoxy) is 1. The van der Waals surface area contributed by atoms with Gasteiger partial charge in [-0.25, -0.2) is 4.98 Å². The average Bonchev–Trinajstić information content (AvgIpc) is 2.81. The molecule has 0 aliphatic rings. The number of hydrogen-bond donors (Lipinski definition) is 1. The van der Waals surface area contributed by atoms with Crippen molar-refractivity contribution in [1.29, 1.82) is 0 Å². The van der Waals surface area contributed by atoms with E-state index in [0.717, 1.165) is 17.9 Å². The van der Waals surface area contributed by atoms with E-state index in [2.05, 4.69) is 4.98 Å². The van der Waals surface area contributed by atoms with Crippen LogP contribution in [0.3, 0.4) is 0 Å². The van der Waals surface area contributed by atoms with Crippen molar-refractivity contribution in [3.63, 3.8) is 0 Å². The summed E-state index contributed by atoms with van der Waals surface area (Å²) in [6.07, 6.45) is 2.13. The molecule has 0 spiro atoms. The summed E-state index contributed by atoms with van der Waals surface area (Å²) in [5, 5.41) is 10.00. The number of nitrogens with zero attached hydrogens (tertiary/aromatic N) is 2. The van der Waals surface area contributed by atoms with E-state index in [1.165, 1.54) is 0 Å². The van der Waals surface area contributed by atoms with Gasteiger partial charge in [0.2, 0.25) is 0 Å². The average molecular weight is 332 g/mol. The second kappa shape index (κ2) is 9.38. The number of hydrogen-bond acceptors (Lipinski definition) is 6. The van der Waals surface area contributed by atoms with Crippen LogP contribution < -0.4 is 0 Å². The molecule has 0 fully saturated rings. The molecule has 22 heavy (non-hydrogen) atoms. The number of imidazole rings is 1. The summed E-state index contributed by atoms with van der Waals surface area (Å²) in [6, 6.07) is 0.687. The Labute approximate surface area is 133 Å². The van der Waals surface area contributed by atoms with Crippen LogP contribution in [-0.4, -0.2) is 64.1 Å². The van der Waals surface area contributed by atoms with Gasteiger partial charge in [0.05, 0.1) is 24.9 Å². The Morgan fingerprint density at radius 1 is 1.23 bits per heavy atom. The zero-order valence-electron chi connectivity index (χ0n) is 14.2. The molecular weight excluding hydrogens is 304 g/mol. The highest BCUT2D eigenvalue weighted by molar-refractivity contribution is 6.60. The van der Waals surface area contributed by atoms with Crippen LogP contribution in [-0.2, 0) is 24.6 Å². The van der Waals surface area contributed by atoms with Gasteiger partial charge < -0.3 is 27.7 Å². The van der Waals surface area contributed by atoms with Crippen LogP contribution in [0.2, 0.25) is 6.04 Å². The van der Waals surface area contributed by atoms with E-state index in [0.29, 0.717) is 19.2 Å². The van der Waals surface area contributed by atoms with Gasteiger partial charge >= 0.3 is 8.80 Å². The minimum atomic E-state index is -2.52. The molecule has 1 heterocycles. The zero-order valence-corrected chi connectivity index (χ0v) is 15.2. The molecule has 0 aliphatic carbocycles. The quantitative estimate of drug-likeness (QED) is 0.484. The van der Waals surface area contributed by atoms with Gasteiger partial charge in [-0.3, -0.25) is 0 Å². The maximum atomic E-state index is 10.00. The molecule has 0 saturated carbocycles. The van der Waals surface area contributed by atoms with Crippen LogP contribution in [0.25, 0.3) is 0 Å². The van der Waals surface area contributed by atoms with Crippen LogP contribution in [0.1, 0.15) is 17.9 Å². The summed E-state index contributed by atoms with van der Waals surface area (Å²) < 4.78 is 23.5. The van der Waals surface area contributed by atoms with E-state index in [1.807, 2.05) is 24.6 Å². The molecule has 1 aromatic heterocycles. The van der Waals surface area contributed by atoms with Gasteiger partial charge in [0, 0.05) is 40.2 Å². The fraction of sp³-hybridized carbons (Fsp3) is 0.786. The van der Waals surface area contributed by atoms with Crippen molar-refractivity contribution in [2.75, 3.05) is 34.5 Å². The Morgan fingerprint density at radius 3 is 2.36 bits per heavy atom. The minimum Gasteiger partial charge on any atom is -0.389 e. The van der Waals surface area contributed by atoms with Crippen molar-refractivity contribution in [2.24, 2.45) is 0 Å². The van der Waals surface area contributed by atoms with Crippen LogP contribution in [0, 0.1) is 13.8 Å². The molecule has 0 bridgehead atoms. The molecule has 8 heteroatoms. The molecule has 0 amide bonds. The smallest absolute Gasteiger partial charge is 0.389 e. The monoisotopic (exact) mass is 332 g/mol. The molecule has 0 aromatic carbocycles. The molecule has 1 unspecified atom stereocenters. The molecule has 1 atom stereocenters. The number of aliphatic hydroxyl groups is 1. The largest absolute Gasteiger partial charge is 0.500 e. The van der Waals surface area contributed by atoms with E-state index < -0.39 is 14.9 Å². The third kappa shape index (κ3) is 5.79. The predicted molar refractivity (Wildman–Crippen MR) is 84.7 cm³/mol. The maximum absolute atomic E-state index is 10.00. The van der Waals surface area contributed by atoms with Crippen molar-refractivity contribution in [3.8, 4) is 0 Å². The summed E-state index contributed by atoms with van der Waals surface area (Å²) >= 11 is 0. The fourth-order valence-electron chi connectivity index (χ4n) is 2.30. The van der Waals surface area contributed by atoms with Gasteiger partial charge in [0.25, 0.3) is 0 Å².